The molecule has 0 bridgehead atoms. The summed E-state index contributed by atoms with van der Waals surface area (Å²) in [6.45, 7) is 4.96. The van der Waals surface area contributed by atoms with E-state index in [1.807, 2.05) is 13.8 Å². The number of hydrogen-bond acceptors (Lipinski definition) is 6. The minimum absolute atomic E-state index is 0.0624. The van der Waals surface area contributed by atoms with Crippen molar-refractivity contribution in [3.05, 3.63) is 91.4 Å². The number of hydrogen-bond donors (Lipinski definition) is 1. The van der Waals surface area contributed by atoms with Crippen molar-refractivity contribution in [2.75, 3.05) is 13.2 Å². The van der Waals surface area contributed by atoms with Crippen molar-refractivity contribution in [3.8, 4) is 17.2 Å². The maximum absolute atomic E-state index is 13.3. The van der Waals surface area contributed by atoms with Crippen LogP contribution in [0.25, 0.3) is 6.08 Å². The third-order valence-electron chi connectivity index (χ3n) is 5.96. The summed E-state index contributed by atoms with van der Waals surface area (Å²) in [5.74, 6) is 0.142. The largest absolute Gasteiger partial charge is 0.490 e. The van der Waals surface area contributed by atoms with Crippen LogP contribution in [-0.2, 0) is 22.7 Å². The number of ether oxygens (including phenoxy) is 3. The van der Waals surface area contributed by atoms with E-state index in [0.29, 0.717) is 56.1 Å². The van der Waals surface area contributed by atoms with E-state index in [4.69, 9.17) is 37.4 Å². The van der Waals surface area contributed by atoms with E-state index in [9.17, 15) is 14.4 Å². The van der Waals surface area contributed by atoms with E-state index in [0.717, 1.165) is 16.9 Å². The van der Waals surface area contributed by atoms with Gasteiger partial charge in [0.15, 0.2) is 11.5 Å². The molecule has 0 unspecified atom stereocenters. The van der Waals surface area contributed by atoms with Gasteiger partial charge in [0, 0.05) is 15.6 Å². The number of carbonyl (C=O) groups excluding carboxylic acids is 3. The van der Waals surface area contributed by atoms with Gasteiger partial charge in [-0.25, -0.2) is 4.79 Å². The first-order valence-electron chi connectivity index (χ1n) is 12.8. The Morgan fingerprint density at radius 2 is 1.68 bits per heavy atom. The predicted molar refractivity (Wildman–Crippen MR) is 160 cm³/mol. The molecule has 41 heavy (non-hydrogen) atoms. The second kappa shape index (κ2) is 13.9. The molecule has 0 atom stereocenters. The number of benzene rings is 3. The molecule has 8 nitrogen and oxygen atoms in total. The lowest BCUT2D eigenvalue weighted by molar-refractivity contribution is -0.130. The van der Waals surface area contributed by atoms with Crippen LogP contribution in [0.3, 0.4) is 0 Å². The molecule has 1 saturated heterocycles. The smallest absolute Gasteiger partial charge is 0.331 e. The number of nitrogens with one attached hydrogen (secondary N) is 1. The molecule has 3 aromatic rings. The Balaban J connectivity index is 1.51. The van der Waals surface area contributed by atoms with Crippen molar-refractivity contribution in [2.45, 2.75) is 33.4 Å². The van der Waals surface area contributed by atoms with Gasteiger partial charge in [-0.05, 0) is 82.9 Å². The highest BCUT2D eigenvalue weighted by atomic mass is 79.9. The van der Waals surface area contributed by atoms with Gasteiger partial charge in [-0.15, -0.1) is 0 Å². The van der Waals surface area contributed by atoms with Crippen LogP contribution in [0.4, 0.5) is 4.79 Å². The van der Waals surface area contributed by atoms with Crippen LogP contribution in [0.5, 0.6) is 17.2 Å². The van der Waals surface area contributed by atoms with Gasteiger partial charge in [0.25, 0.3) is 11.8 Å². The third kappa shape index (κ3) is 7.61. The van der Waals surface area contributed by atoms with Gasteiger partial charge in [0.05, 0.1) is 24.2 Å². The number of imide groups is 2. The molecular weight excluding hydrogens is 635 g/mol. The molecule has 0 radical (unpaired) electrons. The molecule has 4 amide bonds. The van der Waals surface area contributed by atoms with Gasteiger partial charge < -0.3 is 14.2 Å². The predicted octanol–water partition coefficient (Wildman–Crippen LogP) is 7.18. The highest BCUT2D eigenvalue weighted by Crippen LogP contribution is 2.31. The topological polar surface area (TPSA) is 94.2 Å². The second-order valence-corrected chi connectivity index (χ2v) is 10.7. The van der Waals surface area contributed by atoms with E-state index in [1.54, 1.807) is 54.6 Å². The SMILES string of the molecule is CCCOc1ccc(CN2C(=O)NC(=O)/C(=C\c3ccc(OCc4ccc(Cl)cc4Cl)c(Br)c3)C2=O)cc1OCC. The van der Waals surface area contributed by atoms with Gasteiger partial charge in [-0.1, -0.05) is 48.3 Å². The molecule has 1 fully saturated rings. The summed E-state index contributed by atoms with van der Waals surface area (Å²) in [6.07, 6.45) is 2.26. The number of nitrogens with zero attached hydrogens (tertiary/aromatic N) is 1. The molecule has 3 aromatic carbocycles. The fraction of sp³-hybridized carbons (Fsp3) is 0.233. The van der Waals surface area contributed by atoms with Crippen molar-refractivity contribution >= 4 is 63.1 Å². The molecule has 214 valence electrons. The van der Waals surface area contributed by atoms with Crippen LogP contribution in [0, 0.1) is 0 Å². The third-order valence-corrected chi connectivity index (χ3v) is 7.17. The van der Waals surface area contributed by atoms with Crippen molar-refractivity contribution in [1.29, 1.82) is 0 Å². The zero-order chi connectivity index (χ0) is 29.5. The molecule has 1 aliphatic rings. The summed E-state index contributed by atoms with van der Waals surface area (Å²) in [4.78, 5) is 39.5. The summed E-state index contributed by atoms with van der Waals surface area (Å²) in [6, 6.07) is 14.7. The van der Waals surface area contributed by atoms with E-state index < -0.39 is 17.8 Å². The Morgan fingerprint density at radius 1 is 0.902 bits per heavy atom. The molecule has 0 aliphatic carbocycles. The Morgan fingerprint density at radius 3 is 2.39 bits per heavy atom. The van der Waals surface area contributed by atoms with Crippen molar-refractivity contribution in [2.24, 2.45) is 0 Å². The molecule has 0 saturated carbocycles. The number of barbiturate groups is 1. The molecule has 1 heterocycles. The quantitative estimate of drug-likeness (QED) is 0.173. The summed E-state index contributed by atoms with van der Waals surface area (Å²) < 4.78 is 17.9. The molecular formula is C30H27BrCl2N2O6. The lowest BCUT2D eigenvalue weighted by Gasteiger charge is -2.26. The average molecular weight is 662 g/mol. The van der Waals surface area contributed by atoms with Gasteiger partial charge in [0.2, 0.25) is 0 Å². The van der Waals surface area contributed by atoms with Crippen LogP contribution in [-0.4, -0.2) is 36.0 Å². The number of urea groups is 1. The maximum Gasteiger partial charge on any atom is 0.331 e. The van der Waals surface area contributed by atoms with Crippen molar-refractivity contribution < 1.29 is 28.6 Å². The summed E-state index contributed by atoms with van der Waals surface area (Å²) in [5.41, 5.74) is 1.78. The standard InChI is InChI=1S/C30H27BrCl2N2O6/c1-3-11-40-26-10-6-19(14-27(26)39-4-2)16-35-29(37)22(28(36)34-30(35)38)12-18-5-9-25(23(31)13-18)41-17-20-7-8-21(32)15-24(20)33/h5-10,12-15H,3-4,11,16-17H2,1-2H3,(H,34,36,38)/b22-12+. The normalized spacial score (nSPS) is 14.3. The highest BCUT2D eigenvalue weighted by molar-refractivity contribution is 9.10. The van der Waals surface area contributed by atoms with Gasteiger partial charge >= 0.3 is 6.03 Å². The van der Waals surface area contributed by atoms with Crippen LogP contribution in [0.2, 0.25) is 10.0 Å². The van der Waals surface area contributed by atoms with Gasteiger partial charge in [-0.3, -0.25) is 19.8 Å². The minimum atomic E-state index is -0.799. The molecule has 4 rings (SSSR count). The van der Waals surface area contributed by atoms with Crippen molar-refractivity contribution in [3.63, 3.8) is 0 Å². The average Bonchev–Trinajstić information content (AvgIpc) is 2.93. The second-order valence-electron chi connectivity index (χ2n) is 8.99. The van der Waals surface area contributed by atoms with Crippen molar-refractivity contribution in [1.82, 2.24) is 10.2 Å². The lowest BCUT2D eigenvalue weighted by atomic mass is 10.1. The fourth-order valence-electron chi connectivity index (χ4n) is 3.96. The zero-order valence-corrected chi connectivity index (χ0v) is 25.4. The van der Waals surface area contributed by atoms with E-state index in [-0.39, 0.29) is 18.7 Å². The van der Waals surface area contributed by atoms with E-state index >= 15 is 0 Å². The maximum atomic E-state index is 13.3. The molecule has 1 N–H and O–H groups in total. The van der Waals surface area contributed by atoms with E-state index in [1.165, 1.54) is 6.08 Å². The molecule has 1 aliphatic heterocycles. The fourth-order valence-corrected chi connectivity index (χ4v) is 4.93. The number of halogens is 3. The van der Waals surface area contributed by atoms with Gasteiger partial charge in [0.1, 0.15) is 17.9 Å². The molecule has 11 heteroatoms. The Labute approximate surface area is 256 Å². The molecule has 0 aromatic heterocycles. The first-order chi connectivity index (χ1) is 19.7. The first kappa shape index (κ1) is 30.4. The minimum Gasteiger partial charge on any atom is -0.490 e. The summed E-state index contributed by atoms with van der Waals surface area (Å²) in [7, 11) is 0. The number of rotatable bonds is 11. The van der Waals surface area contributed by atoms with Crippen LogP contribution < -0.4 is 19.5 Å². The zero-order valence-electron chi connectivity index (χ0n) is 22.3. The number of amides is 4. The first-order valence-corrected chi connectivity index (χ1v) is 14.4. The highest BCUT2D eigenvalue weighted by Gasteiger charge is 2.35. The number of carbonyl (C=O) groups is 3. The lowest BCUT2D eigenvalue weighted by Crippen LogP contribution is -2.53. The van der Waals surface area contributed by atoms with Crippen LogP contribution >= 0.6 is 39.1 Å². The monoisotopic (exact) mass is 660 g/mol. The van der Waals surface area contributed by atoms with Gasteiger partial charge in [-0.2, -0.15) is 0 Å². The Kier molecular flexibility index (Phi) is 10.3. The van der Waals surface area contributed by atoms with Crippen LogP contribution in [0.1, 0.15) is 37.0 Å². The summed E-state index contributed by atoms with van der Waals surface area (Å²) >= 11 is 15.6. The van der Waals surface area contributed by atoms with Crippen LogP contribution in [0.15, 0.2) is 64.6 Å². The molecule has 0 spiro atoms. The van der Waals surface area contributed by atoms with E-state index in [2.05, 4.69) is 21.2 Å². The summed E-state index contributed by atoms with van der Waals surface area (Å²) in [5, 5.41) is 3.27. The Bertz CT molecular complexity index is 1510. The Hall–Kier alpha value is -3.53.